The molecule has 110 valence electrons. The number of amides is 2. The van der Waals surface area contributed by atoms with Gasteiger partial charge in [-0.05, 0) is 32.3 Å². The fourth-order valence-corrected chi connectivity index (χ4v) is 1.41. The van der Waals surface area contributed by atoms with Crippen LogP contribution in [0.15, 0.2) is 18.2 Å². The lowest BCUT2D eigenvalue weighted by Crippen LogP contribution is -2.36. The summed E-state index contributed by atoms with van der Waals surface area (Å²) in [5.41, 5.74) is -0.210. The van der Waals surface area contributed by atoms with Crippen molar-refractivity contribution in [2.75, 3.05) is 39.5 Å². The van der Waals surface area contributed by atoms with Crippen molar-refractivity contribution in [3.8, 4) is 0 Å². The van der Waals surface area contributed by atoms with Gasteiger partial charge in [0.1, 0.15) is 5.82 Å². The van der Waals surface area contributed by atoms with Crippen LogP contribution in [-0.2, 0) is 0 Å². The zero-order valence-electron chi connectivity index (χ0n) is 11.7. The van der Waals surface area contributed by atoms with E-state index in [1.165, 1.54) is 17.0 Å². The molecule has 0 spiro atoms. The van der Waals surface area contributed by atoms with E-state index in [0.717, 1.165) is 6.07 Å². The lowest BCUT2D eigenvalue weighted by atomic mass is 10.2. The highest BCUT2D eigenvalue weighted by atomic mass is 19.1. The fourth-order valence-electron chi connectivity index (χ4n) is 1.41. The number of halogens is 1. The molecule has 0 atom stereocenters. The van der Waals surface area contributed by atoms with E-state index in [1.54, 1.807) is 7.05 Å². The van der Waals surface area contributed by atoms with Crippen molar-refractivity contribution >= 4 is 17.7 Å². The summed E-state index contributed by atoms with van der Waals surface area (Å²) < 4.78 is 13.6. The zero-order valence-corrected chi connectivity index (χ0v) is 11.7. The molecule has 0 radical (unpaired) electrons. The molecule has 1 aromatic carbocycles. The number of benzene rings is 1. The van der Waals surface area contributed by atoms with Crippen molar-refractivity contribution in [3.05, 3.63) is 29.6 Å². The van der Waals surface area contributed by atoms with Gasteiger partial charge in [0.2, 0.25) is 0 Å². The molecule has 0 fully saturated rings. The Kier molecular flexibility index (Phi) is 5.45. The Balaban J connectivity index is 2.68. The van der Waals surface area contributed by atoms with Crippen molar-refractivity contribution in [1.82, 2.24) is 9.80 Å². The summed E-state index contributed by atoms with van der Waals surface area (Å²) in [6, 6.07) is 2.89. The first-order valence-corrected chi connectivity index (χ1v) is 6.01. The number of carbonyl (C=O) groups is 2. The Bertz CT molecular complexity index is 506. The molecule has 1 aromatic rings. The van der Waals surface area contributed by atoms with E-state index in [1.807, 2.05) is 19.0 Å². The molecule has 0 unspecified atom stereocenters. The van der Waals surface area contributed by atoms with E-state index in [-0.39, 0.29) is 11.3 Å². The van der Waals surface area contributed by atoms with Crippen LogP contribution in [0.1, 0.15) is 10.4 Å². The maximum Gasteiger partial charge on any atom is 0.335 e. The second-order valence-electron chi connectivity index (χ2n) is 4.65. The minimum Gasteiger partial charge on any atom is -0.478 e. The summed E-state index contributed by atoms with van der Waals surface area (Å²) in [5, 5.41) is 11.1. The normalized spacial score (nSPS) is 10.4. The number of rotatable bonds is 5. The number of nitrogens with one attached hydrogen (secondary N) is 1. The molecule has 0 aliphatic rings. The van der Waals surface area contributed by atoms with Gasteiger partial charge in [0.05, 0.1) is 11.3 Å². The Morgan fingerprint density at radius 2 is 1.90 bits per heavy atom. The largest absolute Gasteiger partial charge is 0.478 e. The van der Waals surface area contributed by atoms with Crippen LogP contribution < -0.4 is 5.32 Å². The molecule has 0 saturated carbocycles. The van der Waals surface area contributed by atoms with Gasteiger partial charge >= 0.3 is 12.0 Å². The van der Waals surface area contributed by atoms with Crippen LogP contribution in [0.2, 0.25) is 0 Å². The molecular formula is C13H18FN3O3. The van der Waals surface area contributed by atoms with Gasteiger partial charge in [0, 0.05) is 20.1 Å². The van der Waals surface area contributed by atoms with Crippen molar-refractivity contribution < 1.29 is 19.1 Å². The first kappa shape index (κ1) is 15.9. The van der Waals surface area contributed by atoms with Crippen LogP contribution in [0, 0.1) is 5.82 Å². The molecule has 0 heterocycles. The van der Waals surface area contributed by atoms with Crippen molar-refractivity contribution in [1.29, 1.82) is 0 Å². The Morgan fingerprint density at radius 1 is 1.25 bits per heavy atom. The highest BCUT2D eigenvalue weighted by molar-refractivity contribution is 5.91. The summed E-state index contributed by atoms with van der Waals surface area (Å²) in [4.78, 5) is 25.8. The number of urea groups is 1. The number of carboxylic acid groups (broad SMARTS) is 1. The second-order valence-corrected chi connectivity index (χ2v) is 4.65. The highest BCUT2D eigenvalue weighted by Crippen LogP contribution is 2.16. The SMILES string of the molecule is CN(C)CCN(C)C(=O)Nc1ccc(C(=O)O)cc1F. The van der Waals surface area contributed by atoms with E-state index >= 15 is 0 Å². The predicted molar refractivity (Wildman–Crippen MR) is 73.6 cm³/mol. The summed E-state index contributed by atoms with van der Waals surface area (Å²) in [5.74, 6) is -2.00. The lowest BCUT2D eigenvalue weighted by Gasteiger charge is -2.20. The summed E-state index contributed by atoms with van der Waals surface area (Å²) in [6.45, 7) is 1.18. The Hall–Kier alpha value is -2.15. The molecule has 0 aliphatic carbocycles. The van der Waals surface area contributed by atoms with Crippen LogP contribution in [-0.4, -0.2) is 61.1 Å². The number of anilines is 1. The van der Waals surface area contributed by atoms with Gasteiger partial charge in [-0.15, -0.1) is 0 Å². The molecule has 0 saturated heterocycles. The number of carboxylic acids is 1. The topological polar surface area (TPSA) is 72.9 Å². The maximum atomic E-state index is 13.6. The maximum absolute atomic E-state index is 13.6. The van der Waals surface area contributed by atoms with Gasteiger partial charge in [0.15, 0.2) is 0 Å². The molecule has 0 bridgehead atoms. The third-order valence-corrected chi connectivity index (χ3v) is 2.69. The van der Waals surface area contributed by atoms with Crippen molar-refractivity contribution in [2.45, 2.75) is 0 Å². The van der Waals surface area contributed by atoms with Crippen molar-refractivity contribution in [2.24, 2.45) is 0 Å². The molecular weight excluding hydrogens is 265 g/mol. The van der Waals surface area contributed by atoms with Gasteiger partial charge in [0.25, 0.3) is 0 Å². The Morgan fingerprint density at radius 3 is 2.40 bits per heavy atom. The van der Waals surface area contributed by atoms with Crippen LogP contribution >= 0.6 is 0 Å². The molecule has 0 aliphatic heterocycles. The lowest BCUT2D eigenvalue weighted by molar-refractivity contribution is 0.0696. The zero-order chi connectivity index (χ0) is 15.3. The van der Waals surface area contributed by atoms with E-state index in [9.17, 15) is 14.0 Å². The van der Waals surface area contributed by atoms with E-state index in [4.69, 9.17) is 5.11 Å². The fraction of sp³-hybridized carbons (Fsp3) is 0.385. The molecule has 0 aromatic heterocycles. The third kappa shape index (κ3) is 4.51. The Labute approximate surface area is 116 Å². The summed E-state index contributed by atoms with van der Waals surface area (Å²) in [7, 11) is 5.37. The van der Waals surface area contributed by atoms with Crippen LogP contribution in [0.4, 0.5) is 14.9 Å². The highest BCUT2D eigenvalue weighted by Gasteiger charge is 2.13. The second kappa shape index (κ2) is 6.85. The molecule has 7 heteroatoms. The van der Waals surface area contributed by atoms with Crippen molar-refractivity contribution in [3.63, 3.8) is 0 Å². The van der Waals surface area contributed by atoms with Crippen LogP contribution in [0.3, 0.4) is 0 Å². The smallest absolute Gasteiger partial charge is 0.335 e. The number of nitrogens with zero attached hydrogens (tertiary/aromatic N) is 2. The first-order chi connectivity index (χ1) is 9.31. The van der Waals surface area contributed by atoms with E-state index in [2.05, 4.69) is 5.32 Å². The molecule has 20 heavy (non-hydrogen) atoms. The van der Waals surface area contributed by atoms with Gasteiger partial charge in [-0.2, -0.15) is 0 Å². The average Bonchev–Trinajstić information content (AvgIpc) is 2.37. The van der Waals surface area contributed by atoms with Crippen LogP contribution in [0.5, 0.6) is 0 Å². The molecule has 1 rings (SSSR count). The number of carbonyl (C=O) groups excluding carboxylic acids is 1. The van der Waals surface area contributed by atoms with Crippen LogP contribution in [0.25, 0.3) is 0 Å². The van der Waals surface area contributed by atoms with E-state index < -0.39 is 17.8 Å². The summed E-state index contributed by atoms with van der Waals surface area (Å²) >= 11 is 0. The molecule has 2 amide bonds. The van der Waals surface area contributed by atoms with Gasteiger partial charge in [-0.3, -0.25) is 0 Å². The molecule has 2 N–H and O–H groups in total. The standard InChI is InChI=1S/C13H18FN3O3/c1-16(2)6-7-17(3)13(20)15-11-5-4-9(12(18)19)8-10(11)14/h4-5,8H,6-7H2,1-3H3,(H,15,20)(H,18,19). The number of aromatic carboxylic acids is 1. The summed E-state index contributed by atoms with van der Waals surface area (Å²) in [6.07, 6.45) is 0. The minimum absolute atomic E-state index is 0.0447. The van der Waals surface area contributed by atoms with Gasteiger partial charge in [-0.1, -0.05) is 0 Å². The number of hydrogen-bond donors (Lipinski definition) is 2. The third-order valence-electron chi connectivity index (χ3n) is 2.69. The molecule has 6 nitrogen and oxygen atoms in total. The predicted octanol–water partition coefficient (Wildman–Crippen LogP) is 1.55. The minimum atomic E-state index is -1.22. The first-order valence-electron chi connectivity index (χ1n) is 6.01. The average molecular weight is 283 g/mol. The van der Waals surface area contributed by atoms with E-state index in [0.29, 0.717) is 13.1 Å². The number of hydrogen-bond acceptors (Lipinski definition) is 3. The number of likely N-dealkylation sites (N-methyl/N-ethyl adjacent to an activating group) is 2. The van der Waals surface area contributed by atoms with Gasteiger partial charge in [-0.25, -0.2) is 14.0 Å². The van der Waals surface area contributed by atoms with Gasteiger partial charge < -0.3 is 20.2 Å². The quantitative estimate of drug-likeness (QED) is 0.860. The monoisotopic (exact) mass is 283 g/mol.